The molecule has 2 aliphatic rings. The third-order valence-corrected chi connectivity index (χ3v) is 5.62. The van der Waals surface area contributed by atoms with Crippen molar-refractivity contribution in [3.05, 3.63) is 47.9 Å². The standard InChI is InChI=1S/C20H25FN4O2/c21-17-5-3-16(4-6-17)20(9-1-2-10-20)24-19(26)23-18-7-11-22-25(18)13-15-8-12-27-14-15/h3-7,11,15H,1-2,8-10,12-14H2,(H2,23,24,26). The van der Waals surface area contributed by atoms with Crippen LogP contribution in [0.2, 0.25) is 0 Å². The summed E-state index contributed by atoms with van der Waals surface area (Å²) >= 11 is 0. The van der Waals surface area contributed by atoms with Gasteiger partial charge in [-0.1, -0.05) is 25.0 Å². The molecule has 2 fully saturated rings. The van der Waals surface area contributed by atoms with Crippen molar-refractivity contribution in [1.82, 2.24) is 15.1 Å². The van der Waals surface area contributed by atoms with Crippen molar-refractivity contribution in [1.29, 1.82) is 0 Å². The van der Waals surface area contributed by atoms with Gasteiger partial charge in [0.25, 0.3) is 0 Å². The highest BCUT2D eigenvalue weighted by molar-refractivity contribution is 5.89. The average Bonchev–Trinajstić information content (AvgIpc) is 3.40. The van der Waals surface area contributed by atoms with Gasteiger partial charge in [-0.2, -0.15) is 5.10 Å². The molecule has 6 nitrogen and oxygen atoms in total. The number of carbonyl (C=O) groups excluding carboxylic acids is 1. The summed E-state index contributed by atoms with van der Waals surface area (Å²) in [4.78, 5) is 12.7. The highest BCUT2D eigenvalue weighted by Crippen LogP contribution is 2.38. The second-order valence-electron chi connectivity index (χ2n) is 7.50. The molecule has 1 aromatic carbocycles. The molecule has 1 saturated heterocycles. The molecule has 27 heavy (non-hydrogen) atoms. The Balaban J connectivity index is 1.45. The number of aromatic nitrogens is 2. The zero-order chi connectivity index (χ0) is 18.7. The van der Waals surface area contributed by atoms with Crippen LogP contribution in [0.5, 0.6) is 0 Å². The summed E-state index contributed by atoms with van der Waals surface area (Å²) in [6.07, 6.45) is 6.49. The first-order valence-corrected chi connectivity index (χ1v) is 9.59. The van der Waals surface area contributed by atoms with Gasteiger partial charge < -0.3 is 10.1 Å². The third kappa shape index (κ3) is 3.98. The number of rotatable bonds is 5. The largest absolute Gasteiger partial charge is 0.381 e. The fourth-order valence-electron chi connectivity index (χ4n) is 4.15. The normalized spacial score (nSPS) is 21.3. The lowest BCUT2D eigenvalue weighted by Gasteiger charge is -2.31. The Hall–Kier alpha value is -2.41. The molecule has 2 heterocycles. The first-order valence-electron chi connectivity index (χ1n) is 9.59. The maximum absolute atomic E-state index is 13.3. The van der Waals surface area contributed by atoms with Gasteiger partial charge in [0.05, 0.1) is 18.3 Å². The van der Waals surface area contributed by atoms with Crippen LogP contribution in [0.1, 0.15) is 37.7 Å². The molecule has 1 atom stereocenters. The van der Waals surface area contributed by atoms with Crippen LogP contribution in [0.4, 0.5) is 15.0 Å². The summed E-state index contributed by atoms with van der Waals surface area (Å²) in [5.41, 5.74) is 0.509. The second kappa shape index (κ2) is 7.68. The van der Waals surface area contributed by atoms with Gasteiger partial charge in [0.15, 0.2) is 0 Å². The molecule has 0 radical (unpaired) electrons. The van der Waals surface area contributed by atoms with Gasteiger partial charge in [-0.05, 0) is 37.0 Å². The van der Waals surface area contributed by atoms with Gasteiger partial charge in [0, 0.05) is 25.1 Å². The molecule has 1 aromatic heterocycles. The first-order chi connectivity index (χ1) is 13.1. The average molecular weight is 372 g/mol. The summed E-state index contributed by atoms with van der Waals surface area (Å²) in [6, 6.07) is 7.98. The highest BCUT2D eigenvalue weighted by atomic mass is 19.1. The molecule has 1 aliphatic heterocycles. The topological polar surface area (TPSA) is 68.2 Å². The number of halogens is 1. The summed E-state index contributed by atoms with van der Waals surface area (Å²) in [7, 11) is 0. The Morgan fingerprint density at radius 3 is 2.74 bits per heavy atom. The van der Waals surface area contributed by atoms with Gasteiger partial charge in [-0.25, -0.2) is 13.9 Å². The van der Waals surface area contributed by atoms with Crippen LogP contribution in [0.25, 0.3) is 0 Å². The van der Waals surface area contributed by atoms with E-state index in [4.69, 9.17) is 4.74 Å². The maximum atomic E-state index is 13.3. The minimum Gasteiger partial charge on any atom is -0.381 e. The van der Waals surface area contributed by atoms with Gasteiger partial charge in [-0.15, -0.1) is 0 Å². The molecular weight excluding hydrogens is 347 g/mol. The minimum atomic E-state index is -0.443. The van der Waals surface area contributed by atoms with E-state index in [1.165, 1.54) is 12.1 Å². The van der Waals surface area contributed by atoms with E-state index in [0.717, 1.165) is 57.4 Å². The Labute approximate surface area is 158 Å². The molecule has 7 heteroatoms. The zero-order valence-electron chi connectivity index (χ0n) is 15.3. The van der Waals surface area contributed by atoms with Crippen molar-refractivity contribution >= 4 is 11.8 Å². The molecule has 1 aliphatic carbocycles. The van der Waals surface area contributed by atoms with E-state index >= 15 is 0 Å². The predicted molar refractivity (Wildman–Crippen MR) is 99.9 cm³/mol. The second-order valence-corrected chi connectivity index (χ2v) is 7.50. The number of benzene rings is 1. The number of urea groups is 1. The lowest BCUT2D eigenvalue weighted by atomic mass is 9.88. The van der Waals surface area contributed by atoms with Gasteiger partial charge in [0.2, 0.25) is 0 Å². The van der Waals surface area contributed by atoms with E-state index in [0.29, 0.717) is 11.7 Å². The van der Waals surface area contributed by atoms with Gasteiger partial charge >= 0.3 is 6.03 Å². The van der Waals surface area contributed by atoms with Crippen molar-refractivity contribution < 1.29 is 13.9 Å². The third-order valence-electron chi connectivity index (χ3n) is 5.62. The summed E-state index contributed by atoms with van der Waals surface area (Å²) in [5, 5.41) is 10.4. The van der Waals surface area contributed by atoms with E-state index in [9.17, 15) is 9.18 Å². The quantitative estimate of drug-likeness (QED) is 0.842. The molecule has 1 unspecified atom stereocenters. The van der Waals surface area contributed by atoms with Crippen LogP contribution < -0.4 is 10.6 Å². The highest BCUT2D eigenvalue weighted by Gasteiger charge is 2.37. The molecule has 2 aromatic rings. The number of nitrogens with one attached hydrogen (secondary N) is 2. The fraction of sp³-hybridized carbons (Fsp3) is 0.500. The van der Waals surface area contributed by atoms with E-state index in [2.05, 4.69) is 15.7 Å². The first kappa shape index (κ1) is 18.0. The van der Waals surface area contributed by atoms with Gasteiger partial charge in [0.1, 0.15) is 11.6 Å². The van der Waals surface area contributed by atoms with E-state index < -0.39 is 5.54 Å². The smallest absolute Gasteiger partial charge is 0.321 e. The van der Waals surface area contributed by atoms with Crippen LogP contribution in [-0.2, 0) is 16.8 Å². The van der Waals surface area contributed by atoms with Crippen molar-refractivity contribution in [3.8, 4) is 0 Å². The number of amides is 2. The van der Waals surface area contributed by atoms with E-state index in [-0.39, 0.29) is 11.8 Å². The Morgan fingerprint density at radius 2 is 2.04 bits per heavy atom. The van der Waals surface area contributed by atoms with Crippen LogP contribution >= 0.6 is 0 Å². The lowest BCUT2D eigenvalue weighted by Crippen LogP contribution is -2.46. The number of carbonyl (C=O) groups is 1. The SMILES string of the molecule is O=C(Nc1ccnn1CC1CCOC1)NC1(c2ccc(F)cc2)CCCC1. The van der Waals surface area contributed by atoms with Crippen LogP contribution in [-0.4, -0.2) is 29.0 Å². The van der Waals surface area contributed by atoms with Crippen molar-refractivity contribution in [2.45, 2.75) is 44.2 Å². The molecule has 144 valence electrons. The number of ether oxygens (including phenoxy) is 1. The Bertz CT molecular complexity index is 778. The predicted octanol–water partition coefficient (Wildman–Crippen LogP) is 3.65. The molecule has 1 saturated carbocycles. The molecule has 2 N–H and O–H groups in total. The lowest BCUT2D eigenvalue weighted by molar-refractivity contribution is 0.181. The fourth-order valence-corrected chi connectivity index (χ4v) is 4.15. The number of anilines is 1. The van der Waals surface area contributed by atoms with E-state index in [1.807, 2.05) is 4.68 Å². The Kier molecular flexibility index (Phi) is 5.11. The molecular formula is C20H25FN4O2. The summed E-state index contributed by atoms with van der Waals surface area (Å²) in [6.45, 7) is 2.25. The monoisotopic (exact) mass is 372 g/mol. The molecule has 0 bridgehead atoms. The molecule has 0 spiro atoms. The van der Waals surface area contributed by atoms with Crippen LogP contribution in [0.3, 0.4) is 0 Å². The van der Waals surface area contributed by atoms with Crippen molar-refractivity contribution in [2.24, 2.45) is 5.92 Å². The molecule has 4 rings (SSSR count). The zero-order valence-corrected chi connectivity index (χ0v) is 15.3. The van der Waals surface area contributed by atoms with Crippen LogP contribution in [0, 0.1) is 11.7 Å². The molecule has 2 amide bonds. The Morgan fingerprint density at radius 1 is 1.26 bits per heavy atom. The number of hydrogen-bond donors (Lipinski definition) is 2. The van der Waals surface area contributed by atoms with Crippen molar-refractivity contribution in [3.63, 3.8) is 0 Å². The summed E-state index contributed by atoms with van der Waals surface area (Å²) in [5.74, 6) is 0.830. The van der Waals surface area contributed by atoms with E-state index in [1.54, 1.807) is 24.4 Å². The maximum Gasteiger partial charge on any atom is 0.321 e. The minimum absolute atomic E-state index is 0.259. The van der Waals surface area contributed by atoms with Crippen molar-refractivity contribution in [2.75, 3.05) is 18.5 Å². The summed E-state index contributed by atoms with van der Waals surface area (Å²) < 4.78 is 20.5. The van der Waals surface area contributed by atoms with Crippen LogP contribution in [0.15, 0.2) is 36.5 Å². The number of nitrogens with zero attached hydrogens (tertiary/aromatic N) is 2. The number of hydrogen-bond acceptors (Lipinski definition) is 3. The van der Waals surface area contributed by atoms with Gasteiger partial charge in [-0.3, -0.25) is 5.32 Å².